The van der Waals surface area contributed by atoms with Gasteiger partial charge in [-0.3, -0.25) is 4.79 Å². The maximum atomic E-state index is 12.9. The Morgan fingerprint density at radius 3 is 2.86 bits per heavy atom. The Morgan fingerprint density at radius 2 is 2.06 bits per heavy atom. The van der Waals surface area contributed by atoms with Crippen LogP contribution in [0.25, 0.3) is 10.9 Å². The minimum atomic E-state index is -0.0705. The molecule has 182 valence electrons. The smallest absolute Gasteiger partial charge is 0.257 e. The molecule has 2 aromatic carbocycles. The number of methoxy groups -OCH3 is 1. The molecule has 3 heterocycles. The van der Waals surface area contributed by atoms with Crippen molar-refractivity contribution in [3.05, 3.63) is 81.9 Å². The maximum absolute atomic E-state index is 12.9. The maximum Gasteiger partial charge on any atom is 0.257 e. The number of hydrogen-bond donors (Lipinski definition) is 2. The molecule has 0 amide bonds. The molecule has 1 saturated heterocycles. The summed E-state index contributed by atoms with van der Waals surface area (Å²) in [6.45, 7) is 3.47. The third-order valence-corrected chi connectivity index (χ3v) is 6.59. The van der Waals surface area contributed by atoms with Gasteiger partial charge in [0.15, 0.2) is 0 Å². The van der Waals surface area contributed by atoms with E-state index in [1.165, 1.54) is 10.5 Å². The average Bonchev–Trinajstić information content (AvgIpc) is 3.56. The monoisotopic (exact) mass is 475 g/mol. The van der Waals surface area contributed by atoms with Crippen LogP contribution >= 0.6 is 0 Å². The fourth-order valence-corrected chi connectivity index (χ4v) is 4.66. The minimum absolute atomic E-state index is 0.0705. The molecule has 1 aliphatic rings. The first-order valence-electron chi connectivity index (χ1n) is 12.1. The Labute approximate surface area is 203 Å². The van der Waals surface area contributed by atoms with Gasteiger partial charge in [-0.05, 0) is 53.1 Å². The quantitative estimate of drug-likeness (QED) is 0.361. The Kier molecular flexibility index (Phi) is 7.15. The number of aromatic nitrogens is 5. The van der Waals surface area contributed by atoms with E-state index in [4.69, 9.17) is 9.47 Å². The van der Waals surface area contributed by atoms with Crippen molar-refractivity contribution >= 4 is 10.9 Å². The number of tetrazole rings is 1. The van der Waals surface area contributed by atoms with Crippen molar-refractivity contribution < 1.29 is 14.4 Å². The Bertz CT molecular complexity index is 1310. The van der Waals surface area contributed by atoms with E-state index in [2.05, 4.69) is 44.8 Å². The lowest BCUT2D eigenvalue weighted by atomic mass is 10.1. The van der Waals surface area contributed by atoms with Crippen LogP contribution < -0.4 is 15.2 Å². The molecule has 35 heavy (non-hydrogen) atoms. The Balaban J connectivity index is 1.39. The van der Waals surface area contributed by atoms with Crippen LogP contribution in [0.4, 0.5) is 0 Å². The van der Waals surface area contributed by atoms with Crippen molar-refractivity contribution in [2.45, 2.75) is 45.0 Å². The van der Waals surface area contributed by atoms with Crippen LogP contribution in [0.2, 0.25) is 0 Å². The molecule has 2 atom stereocenters. The molecule has 0 aliphatic carbocycles. The van der Waals surface area contributed by atoms with Crippen LogP contribution in [0.5, 0.6) is 5.75 Å². The van der Waals surface area contributed by atoms with E-state index in [0.29, 0.717) is 19.6 Å². The van der Waals surface area contributed by atoms with Crippen LogP contribution in [-0.4, -0.2) is 51.6 Å². The Morgan fingerprint density at radius 1 is 1.17 bits per heavy atom. The van der Waals surface area contributed by atoms with Crippen LogP contribution in [0, 0.1) is 0 Å². The van der Waals surface area contributed by atoms with Gasteiger partial charge in [0.2, 0.25) is 5.82 Å². The fourth-order valence-electron chi connectivity index (χ4n) is 4.66. The van der Waals surface area contributed by atoms with Gasteiger partial charge < -0.3 is 19.4 Å². The summed E-state index contributed by atoms with van der Waals surface area (Å²) in [4.78, 5) is 17.2. The fraction of sp³-hybridized carbons (Fsp3) is 0.385. The molecule has 1 aliphatic heterocycles. The summed E-state index contributed by atoms with van der Waals surface area (Å²) in [5, 5.41) is 13.4. The largest absolute Gasteiger partial charge is 0.497 e. The molecular weight excluding hydrogens is 444 g/mol. The first-order valence-corrected chi connectivity index (χ1v) is 12.1. The molecule has 1 fully saturated rings. The van der Waals surface area contributed by atoms with E-state index in [9.17, 15) is 4.79 Å². The van der Waals surface area contributed by atoms with E-state index < -0.39 is 0 Å². The lowest BCUT2D eigenvalue weighted by Gasteiger charge is -2.20. The highest BCUT2D eigenvalue weighted by Gasteiger charge is 2.22. The second-order valence-electron chi connectivity index (χ2n) is 9.08. The van der Waals surface area contributed by atoms with Gasteiger partial charge in [-0.2, -0.15) is 0 Å². The third-order valence-electron chi connectivity index (χ3n) is 6.59. The number of nitrogens with one attached hydrogen (secondary N) is 2. The van der Waals surface area contributed by atoms with E-state index in [1.54, 1.807) is 7.11 Å². The van der Waals surface area contributed by atoms with Gasteiger partial charge in [-0.15, -0.1) is 5.10 Å². The van der Waals surface area contributed by atoms with Crippen molar-refractivity contribution in [1.82, 2.24) is 25.2 Å². The predicted octanol–water partition coefficient (Wildman–Crippen LogP) is 1.53. The number of H-pyrrole nitrogens is 1. The molecule has 2 N–H and O–H groups in total. The van der Waals surface area contributed by atoms with Crippen LogP contribution in [0.3, 0.4) is 0 Å². The Hall–Kier alpha value is -3.56. The topological polar surface area (TPSA) is 99.4 Å². The number of rotatable bonds is 10. The summed E-state index contributed by atoms with van der Waals surface area (Å²) in [7, 11) is 1.64. The van der Waals surface area contributed by atoms with Gasteiger partial charge in [0, 0.05) is 23.9 Å². The SMILES string of the molecule is COc1ccc2[nH]c(=O)c(C[NH+](CCc3ccccc3)Cc3nnnn3C[C@@H]3CCCO3)cc2c1. The lowest BCUT2D eigenvalue weighted by molar-refractivity contribution is -0.928. The molecule has 1 unspecified atom stereocenters. The number of fused-ring (bicyclic) bond motifs is 1. The number of quaternary nitrogens is 1. The molecule has 0 bridgehead atoms. The van der Waals surface area contributed by atoms with Crippen LogP contribution in [-0.2, 0) is 30.8 Å². The highest BCUT2D eigenvalue weighted by atomic mass is 16.5. The molecule has 2 aromatic heterocycles. The zero-order valence-electron chi connectivity index (χ0n) is 19.9. The first-order chi connectivity index (χ1) is 17.2. The van der Waals surface area contributed by atoms with E-state index in [1.807, 2.05) is 35.0 Å². The van der Waals surface area contributed by atoms with E-state index >= 15 is 0 Å². The first kappa shape index (κ1) is 23.2. The van der Waals surface area contributed by atoms with Crippen LogP contribution in [0.15, 0.2) is 59.4 Å². The lowest BCUT2D eigenvalue weighted by Crippen LogP contribution is -3.10. The van der Waals surface area contributed by atoms with Crippen molar-refractivity contribution in [3.63, 3.8) is 0 Å². The molecule has 5 rings (SSSR count). The van der Waals surface area contributed by atoms with Gasteiger partial charge in [0.1, 0.15) is 18.8 Å². The van der Waals surface area contributed by atoms with Crippen molar-refractivity contribution in [2.75, 3.05) is 20.3 Å². The van der Waals surface area contributed by atoms with Crippen molar-refractivity contribution in [1.29, 1.82) is 0 Å². The summed E-state index contributed by atoms with van der Waals surface area (Å²) in [5.74, 6) is 1.57. The standard InChI is InChI=1S/C26H30N6O3/c1-34-22-9-10-24-20(15-22)14-21(26(33)27-24)16-31(12-11-19-6-3-2-4-7-19)18-25-28-29-30-32(25)17-23-8-5-13-35-23/h2-4,6-7,9-10,14-15,23H,5,8,11-13,16-18H2,1H3,(H,27,33)/p+1/t23-/m0/s1. The molecule has 0 spiro atoms. The predicted molar refractivity (Wildman–Crippen MR) is 131 cm³/mol. The number of hydrogen-bond acceptors (Lipinski definition) is 6. The molecule has 4 aromatic rings. The second kappa shape index (κ2) is 10.8. The van der Waals surface area contributed by atoms with Crippen molar-refractivity contribution in [3.8, 4) is 5.75 Å². The number of benzene rings is 2. The number of pyridine rings is 1. The number of aromatic amines is 1. The molecule has 9 nitrogen and oxygen atoms in total. The van der Waals surface area contributed by atoms with Crippen molar-refractivity contribution in [2.24, 2.45) is 0 Å². The third kappa shape index (κ3) is 5.75. The zero-order valence-corrected chi connectivity index (χ0v) is 19.9. The summed E-state index contributed by atoms with van der Waals surface area (Å²) >= 11 is 0. The van der Waals surface area contributed by atoms with Gasteiger partial charge in [0.25, 0.3) is 5.56 Å². The minimum Gasteiger partial charge on any atom is -0.497 e. The molecule has 0 radical (unpaired) electrons. The zero-order chi connectivity index (χ0) is 24.0. The van der Waals surface area contributed by atoms with Crippen LogP contribution in [0.1, 0.15) is 29.8 Å². The van der Waals surface area contributed by atoms with E-state index in [-0.39, 0.29) is 11.7 Å². The number of ether oxygens (including phenoxy) is 2. The average molecular weight is 476 g/mol. The second-order valence-corrected chi connectivity index (χ2v) is 9.08. The highest BCUT2D eigenvalue weighted by molar-refractivity contribution is 5.80. The summed E-state index contributed by atoms with van der Waals surface area (Å²) in [6, 6.07) is 18.0. The van der Waals surface area contributed by atoms with Gasteiger partial charge in [-0.1, -0.05) is 30.3 Å². The normalized spacial score (nSPS) is 16.5. The molecule has 9 heteroatoms. The van der Waals surface area contributed by atoms with Gasteiger partial charge in [0.05, 0.1) is 31.9 Å². The highest BCUT2D eigenvalue weighted by Crippen LogP contribution is 2.18. The van der Waals surface area contributed by atoms with Gasteiger partial charge in [-0.25, -0.2) is 4.68 Å². The number of nitrogens with zero attached hydrogens (tertiary/aromatic N) is 4. The molecular formula is C26H31N6O3+. The van der Waals surface area contributed by atoms with Gasteiger partial charge >= 0.3 is 0 Å². The summed E-state index contributed by atoms with van der Waals surface area (Å²) in [5.41, 5.74) is 2.72. The summed E-state index contributed by atoms with van der Waals surface area (Å²) < 4.78 is 13.0. The van der Waals surface area contributed by atoms with E-state index in [0.717, 1.165) is 60.5 Å². The molecule has 0 saturated carbocycles. The summed E-state index contributed by atoms with van der Waals surface area (Å²) in [6.07, 6.45) is 3.15.